The second-order valence-corrected chi connectivity index (χ2v) is 21.9. The van der Waals surface area contributed by atoms with Gasteiger partial charge in [-0.15, -0.1) is 22.7 Å². The molecule has 7 heterocycles. The van der Waals surface area contributed by atoms with E-state index in [1.807, 2.05) is 137 Å². The second kappa shape index (κ2) is 27.6. The standard InChI is InChI=1S/C28H25N5O3S.C20H25BN2O3.C13H11ClN4O2S/c1-35-23-11-10-21(16-24(23)36-2)31-27-25-28(37-17-30-25)33-26(32-27)20-8-6-19(7-9-20)22(34)5-3-4-18-12-14-29-15-13-18;1-19(2)20(3,4)26-21(25-19)17-7-5-16(6-8-17)18(24)23-14-11-15-9-12-22-13-10-15;1-19-8-4-3-7(5-9(8)20-2)16-11-10-12(21-6-15-10)18-13(14)17-11/h6-17H,3-5H2,1-2H3,(H,31,32,33);5-10,12-13H,11,14H2,1-4H3,(H,23,24);3-6H,1-2H3,(H,16,17,18). The lowest BCUT2D eigenvalue weighted by atomic mass is 9.79. The van der Waals surface area contributed by atoms with Gasteiger partial charge >= 0.3 is 7.12 Å². The third kappa shape index (κ3) is 14.9. The quantitative estimate of drug-likeness (QED) is 0.0388. The smallest absolute Gasteiger partial charge is 0.493 e. The molecule has 0 aliphatic carbocycles. The Bertz CT molecular complexity index is 3830. The molecule has 1 aliphatic heterocycles. The van der Waals surface area contributed by atoms with Crippen LogP contribution in [0.2, 0.25) is 5.28 Å². The van der Waals surface area contributed by atoms with Crippen molar-refractivity contribution in [1.82, 2.24) is 45.2 Å². The topological polar surface area (TPSA) is 229 Å². The van der Waals surface area contributed by atoms with Crippen molar-refractivity contribution < 1.29 is 37.8 Å². The number of halogens is 1. The van der Waals surface area contributed by atoms with Gasteiger partial charge in [0, 0.05) is 78.0 Å². The highest BCUT2D eigenvalue weighted by Crippen LogP contribution is 2.38. The first-order valence-electron chi connectivity index (χ1n) is 26.7. The molecule has 1 fully saturated rings. The van der Waals surface area contributed by atoms with Gasteiger partial charge in [-0.05, 0) is 136 Å². The van der Waals surface area contributed by atoms with E-state index in [2.05, 4.69) is 45.9 Å². The monoisotopic (exact) mass is 1190 g/mol. The number of carbonyl (C=O) groups excluding carboxylic acids is 2. The van der Waals surface area contributed by atoms with E-state index in [9.17, 15) is 9.59 Å². The molecule has 430 valence electrons. The van der Waals surface area contributed by atoms with Crippen LogP contribution in [0, 0.1) is 0 Å². The number of thiazole rings is 2. The molecular weight excluding hydrogens is 1130 g/mol. The summed E-state index contributed by atoms with van der Waals surface area (Å²) in [6.07, 6.45) is 9.97. The molecule has 0 unspecified atom stereocenters. The van der Waals surface area contributed by atoms with E-state index >= 15 is 0 Å². The van der Waals surface area contributed by atoms with Crippen LogP contribution in [0.15, 0.2) is 145 Å². The van der Waals surface area contributed by atoms with Crippen LogP contribution in [0.25, 0.3) is 32.1 Å². The van der Waals surface area contributed by atoms with Crippen LogP contribution < -0.4 is 40.4 Å². The summed E-state index contributed by atoms with van der Waals surface area (Å²) in [7, 11) is 5.96. The summed E-state index contributed by atoms with van der Waals surface area (Å²) in [6.45, 7) is 8.69. The van der Waals surface area contributed by atoms with Crippen molar-refractivity contribution in [1.29, 1.82) is 0 Å². The molecule has 84 heavy (non-hydrogen) atoms. The average Bonchev–Trinajstić information content (AvgIpc) is 3.52. The first-order valence-corrected chi connectivity index (χ1v) is 28.8. The van der Waals surface area contributed by atoms with Crippen molar-refractivity contribution >= 4 is 102 Å². The molecule has 10 aromatic rings. The number of anilines is 4. The molecule has 0 radical (unpaired) electrons. The molecule has 1 saturated heterocycles. The van der Waals surface area contributed by atoms with Crippen LogP contribution in [0.1, 0.15) is 72.4 Å². The molecule has 4 aromatic carbocycles. The van der Waals surface area contributed by atoms with E-state index in [1.165, 1.54) is 28.2 Å². The number of hydrogen-bond acceptors (Lipinski definition) is 20. The lowest BCUT2D eigenvalue weighted by Gasteiger charge is -2.32. The second-order valence-electron chi connectivity index (χ2n) is 19.9. The van der Waals surface area contributed by atoms with Gasteiger partial charge in [-0.1, -0.05) is 36.4 Å². The van der Waals surface area contributed by atoms with Crippen LogP contribution >= 0.6 is 34.3 Å². The zero-order valence-corrected chi connectivity index (χ0v) is 49.9. The number of aromatic nitrogens is 8. The average molecular weight is 1190 g/mol. The molecule has 19 nitrogen and oxygen atoms in total. The number of methoxy groups -OCH3 is 4. The number of carbonyl (C=O) groups is 2. The molecule has 0 bridgehead atoms. The largest absolute Gasteiger partial charge is 0.494 e. The Labute approximate surface area is 499 Å². The maximum atomic E-state index is 12.7. The first-order chi connectivity index (χ1) is 40.6. The van der Waals surface area contributed by atoms with Crippen molar-refractivity contribution in [3.63, 3.8) is 0 Å². The zero-order chi connectivity index (χ0) is 59.2. The number of nitrogens with zero attached hydrogens (tertiary/aromatic N) is 8. The fraction of sp³-hybridized carbons (Fsp3) is 0.246. The normalized spacial score (nSPS) is 13.0. The predicted molar refractivity (Wildman–Crippen MR) is 330 cm³/mol. The molecule has 0 spiro atoms. The van der Waals surface area contributed by atoms with E-state index < -0.39 is 7.12 Å². The van der Waals surface area contributed by atoms with Crippen LogP contribution in [-0.4, -0.2) is 105 Å². The number of nitrogens with one attached hydrogen (secondary N) is 3. The molecule has 0 atom stereocenters. The van der Waals surface area contributed by atoms with Gasteiger partial charge in [0.15, 0.2) is 51.1 Å². The Morgan fingerprint density at radius 1 is 0.583 bits per heavy atom. The van der Waals surface area contributed by atoms with Gasteiger partial charge in [0.25, 0.3) is 5.91 Å². The molecule has 1 amide bonds. The molecule has 6 aromatic heterocycles. The van der Waals surface area contributed by atoms with E-state index in [1.54, 1.807) is 64.2 Å². The number of aryl methyl sites for hydroxylation is 1. The van der Waals surface area contributed by atoms with Gasteiger partial charge < -0.3 is 44.2 Å². The molecule has 11 rings (SSSR count). The molecule has 3 N–H and O–H groups in total. The minimum absolute atomic E-state index is 0.0838. The Morgan fingerprint density at radius 3 is 1.62 bits per heavy atom. The van der Waals surface area contributed by atoms with E-state index in [-0.39, 0.29) is 28.2 Å². The summed E-state index contributed by atoms with van der Waals surface area (Å²) in [6, 6.07) is 33.7. The SMILES string of the molecule is CC1(C)OB(c2ccc(C(=O)NCCc3ccncc3)cc2)OC1(C)C.COc1ccc(Nc2nc(-c3ccc(C(=O)CCCc4ccncc4)cc3)nc3scnc23)cc1OC.COc1ccc(Nc2nc(Cl)nc3scnc23)cc1OC. The molecule has 23 heteroatoms. The summed E-state index contributed by atoms with van der Waals surface area (Å²) in [5, 5.41) is 9.62. The minimum atomic E-state index is -0.413. The van der Waals surface area contributed by atoms with Crippen LogP contribution in [0.4, 0.5) is 23.0 Å². The summed E-state index contributed by atoms with van der Waals surface area (Å²) in [4.78, 5) is 61.0. The molecule has 0 saturated carbocycles. The van der Waals surface area contributed by atoms with Crippen LogP contribution in [0.5, 0.6) is 23.0 Å². The highest BCUT2D eigenvalue weighted by Gasteiger charge is 2.51. The van der Waals surface area contributed by atoms with E-state index in [0.29, 0.717) is 75.6 Å². The van der Waals surface area contributed by atoms with Gasteiger partial charge in [0.2, 0.25) is 5.28 Å². The summed E-state index contributed by atoms with van der Waals surface area (Å²) < 4.78 is 33.3. The van der Waals surface area contributed by atoms with Gasteiger partial charge in [-0.2, -0.15) is 4.98 Å². The fourth-order valence-corrected chi connectivity index (χ4v) is 10.1. The number of ketones is 1. The van der Waals surface area contributed by atoms with Crippen molar-refractivity contribution in [2.75, 3.05) is 45.6 Å². The lowest BCUT2D eigenvalue weighted by Crippen LogP contribution is -2.41. The van der Waals surface area contributed by atoms with Crippen molar-refractivity contribution in [3.8, 4) is 34.4 Å². The summed E-state index contributed by atoms with van der Waals surface area (Å²) >= 11 is 8.78. The van der Waals surface area contributed by atoms with Gasteiger partial charge in [0.05, 0.1) is 50.7 Å². The third-order valence-electron chi connectivity index (χ3n) is 13.9. The highest BCUT2D eigenvalue weighted by molar-refractivity contribution is 7.16. The minimum Gasteiger partial charge on any atom is -0.493 e. The Balaban J connectivity index is 0.000000158. The van der Waals surface area contributed by atoms with Gasteiger partial charge in [-0.3, -0.25) is 19.6 Å². The number of hydrogen-bond donors (Lipinski definition) is 3. The van der Waals surface area contributed by atoms with Gasteiger partial charge in [0.1, 0.15) is 15.9 Å². The van der Waals surface area contributed by atoms with Crippen molar-refractivity contribution in [2.24, 2.45) is 0 Å². The number of fused-ring (bicyclic) bond motifs is 2. The lowest BCUT2D eigenvalue weighted by molar-refractivity contribution is 0.00578. The number of benzene rings is 4. The maximum absolute atomic E-state index is 12.7. The summed E-state index contributed by atoms with van der Waals surface area (Å²) in [5.74, 6) is 4.26. The highest BCUT2D eigenvalue weighted by atomic mass is 35.5. The van der Waals surface area contributed by atoms with Crippen molar-refractivity contribution in [3.05, 3.63) is 173 Å². The maximum Gasteiger partial charge on any atom is 0.494 e. The zero-order valence-electron chi connectivity index (χ0n) is 47.5. The van der Waals surface area contributed by atoms with Gasteiger partial charge in [-0.25, -0.2) is 24.9 Å². The van der Waals surface area contributed by atoms with Crippen LogP contribution in [0.3, 0.4) is 0 Å². The fourth-order valence-electron chi connectivity index (χ4n) is 8.60. The Hall–Kier alpha value is -8.67. The van der Waals surface area contributed by atoms with Crippen LogP contribution in [-0.2, 0) is 22.2 Å². The number of pyridine rings is 2. The van der Waals surface area contributed by atoms with Crippen molar-refractivity contribution in [2.45, 2.75) is 64.6 Å². The molecule has 1 aliphatic rings. The predicted octanol–water partition coefficient (Wildman–Crippen LogP) is 12.0. The number of ether oxygens (including phenoxy) is 4. The Kier molecular flexibility index (Phi) is 19.7. The molecular formula is C61H61BClN11O8S2. The third-order valence-corrected chi connectivity index (χ3v) is 15.5. The number of amides is 1. The Morgan fingerprint density at radius 2 is 1.08 bits per heavy atom. The first kappa shape index (κ1) is 59.9. The van der Waals surface area contributed by atoms with E-state index in [4.69, 9.17) is 49.8 Å². The summed E-state index contributed by atoms with van der Waals surface area (Å²) in [5.41, 5.74) is 11.0. The number of rotatable bonds is 19. The number of Topliss-reactive ketones (excluding diaryl/α,β-unsaturated/α-hetero) is 1. The van der Waals surface area contributed by atoms with E-state index in [0.717, 1.165) is 56.9 Å².